The van der Waals surface area contributed by atoms with E-state index in [1.165, 1.54) is 32.1 Å². The van der Waals surface area contributed by atoms with E-state index in [9.17, 15) is 9.59 Å². The quantitative estimate of drug-likeness (QED) is 0.435. The Morgan fingerprint density at radius 2 is 1.71 bits per heavy atom. The number of hydrogen-bond acceptors (Lipinski definition) is 4. The summed E-state index contributed by atoms with van der Waals surface area (Å²) in [5.41, 5.74) is 4.62. The fourth-order valence-electron chi connectivity index (χ4n) is 4.83. The first-order chi connectivity index (χ1) is 16.7. The van der Waals surface area contributed by atoms with Gasteiger partial charge in [-0.15, -0.1) is 0 Å². The molecule has 3 rings (SSSR count). The third-order valence-electron chi connectivity index (χ3n) is 6.67. The molecular formula is C28H43ClN4O2. The van der Waals surface area contributed by atoms with E-state index >= 15 is 0 Å². The van der Waals surface area contributed by atoms with Gasteiger partial charge in [-0.25, -0.2) is 0 Å². The van der Waals surface area contributed by atoms with E-state index < -0.39 is 0 Å². The van der Waals surface area contributed by atoms with Gasteiger partial charge in [0.05, 0.1) is 0 Å². The van der Waals surface area contributed by atoms with Gasteiger partial charge in [0, 0.05) is 46.7 Å². The Kier molecular flexibility index (Phi) is 11.8. The highest BCUT2D eigenvalue weighted by atomic mass is 35.5. The van der Waals surface area contributed by atoms with E-state index in [0.717, 1.165) is 42.1 Å². The Hall–Kier alpha value is -2.31. The number of nitrogens with zero attached hydrogens (tertiary/aromatic N) is 1. The highest BCUT2D eigenvalue weighted by Crippen LogP contribution is 2.33. The van der Waals surface area contributed by atoms with E-state index in [1.807, 2.05) is 32.9 Å². The smallest absolute Gasteiger partial charge is 0.253 e. The summed E-state index contributed by atoms with van der Waals surface area (Å²) in [6, 6.07) is 6.09. The van der Waals surface area contributed by atoms with Crippen LogP contribution in [-0.4, -0.2) is 36.6 Å². The zero-order valence-electron chi connectivity index (χ0n) is 22.3. The first kappa shape index (κ1) is 28.9. The number of anilines is 1. The maximum absolute atomic E-state index is 13.0. The molecule has 0 bridgehead atoms. The average Bonchev–Trinajstić information content (AvgIpc) is 2.82. The number of H-pyrrole nitrogens is 1. The van der Waals surface area contributed by atoms with Crippen LogP contribution < -0.4 is 21.1 Å². The molecule has 0 unspecified atom stereocenters. The summed E-state index contributed by atoms with van der Waals surface area (Å²) in [6.07, 6.45) is 6.15. The molecule has 1 heterocycles. The second-order valence-electron chi connectivity index (χ2n) is 9.26. The fraction of sp³-hybridized carbons (Fsp3) is 0.571. The van der Waals surface area contributed by atoms with Crippen molar-refractivity contribution in [2.75, 3.05) is 24.5 Å². The maximum Gasteiger partial charge on any atom is 0.253 e. The molecule has 194 valence electrons. The van der Waals surface area contributed by atoms with Gasteiger partial charge in [-0.1, -0.05) is 44.7 Å². The van der Waals surface area contributed by atoms with Crippen LogP contribution in [0.2, 0.25) is 5.02 Å². The summed E-state index contributed by atoms with van der Waals surface area (Å²) in [6.45, 7) is 15.3. The summed E-state index contributed by atoms with van der Waals surface area (Å²) in [5, 5.41) is 6.58. The molecule has 1 aromatic carbocycles. The lowest BCUT2D eigenvalue weighted by Gasteiger charge is -2.36. The van der Waals surface area contributed by atoms with Crippen LogP contribution in [0.15, 0.2) is 23.0 Å². The molecule has 7 heteroatoms. The van der Waals surface area contributed by atoms with Gasteiger partial charge in [0.25, 0.3) is 11.5 Å². The molecule has 2 aromatic rings. The van der Waals surface area contributed by atoms with Crippen molar-refractivity contribution in [2.45, 2.75) is 86.2 Å². The molecule has 0 atom stereocenters. The number of aromatic amines is 1. The number of nitrogens with one attached hydrogen (secondary N) is 3. The van der Waals surface area contributed by atoms with Gasteiger partial charge in [0.2, 0.25) is 0 Å². The Morgan fingerprint density at radius 1 is 1.06 bits per heavy atom. The first-order valence-electron chi connectivity index (χ1n) is 13.0. The standard InChI is InChI=1S/C24H32ClN3O2.C4H11N/c1-5-28(19-9-7-6-8-10-19)22-13-18(25)12-20(17(22)4)23(29)26-14-21-15(2)11-16(3)27-24(21)30;1-3-5-4-2/h11-13,19H,5-10,14H2,1-4H3,(H,26,29)(H,27,30);5H,3-4H2,1-2H3. The van der Waals surface area contributed by atoms with Crippen molar-refractivity contribution in [1.29, 1.82) is 0 Å². The molecule has 35 heavy (non-hydrogen) atoms. The number of amides is 1. The number of benzene rings is 1. The fourth-order valence-corrected chi connectivity index (χ4v) is 5.04. The highest BCUT2D eigenvalue weighted by Gasteiger charge is 2.24. The van der Waals surface area contributed by atoms with Crippen LogP contribution in [0.4, 0.5) is 5.69 Å². The molecule has 0 spiro atoms. The molecule has 1 saturated carbocycles. The van der Waals surface area contributed by atoms with E-state index in [2.05, 4.69) is 41.3 Å². The van der Waals surface area contributed by atoms with Crippen LogP contribution in [-0.2, 0) is 6.54 Å². The Labute approximate surface area is 215 Å². The van der Waals surface area contributed by atoms with E-state index in [-0.39, 0.29) is 18.0 Å². The minimum absolute atomic E-state index is 0.161. The second-order valence-corrected chi connectivity index (χ2v) is 9.69. The average molecular weight is 503 g/mol. The molecule has 1 fully saturated rings. The molecule has 1 aromatic heterocycles. The maximum atomic E-state index is 13.0. The lowest BCUT2D eigenvalue weighted by Crippen LogP contribution is -2.37. The molecular weight excluding hydrogens is 460 g/mol. The molecule has 1 aliphatic carbocycles. The molecule has 0 saturated heterocycles. The molecule has 1 aliphatic rings. The van der Waals surface area contributed by atoms with Crippen molar-refractivity contribution in [1.82, 2.24) is 15.6 Å². The normalized spacial score (nSPS) is 13.7. The van der Waals surface area contributed by atoms with Crippen molar-refractivity contribution in [3.63, 3.8) is 0 Å². The van der Waals surface area contributed by atoms with Crippen molar-refractivity contribution in [3.05, 3.63) is 61.5 Å². The predicted molar refractivity (Wildman–Crippen MR) is 148 cm³/mol. The van der Waals surface area contributed by atoms with Gasteiger partial charge in [-0.2, -0.15) is 0 Å². The number of rotatable bonds is 8. The van der Waals surface area contributed by atoms with Gasteiger partial charge in [-0.3, -0.25) is 9.59 Å². The zero-order valence-corrected chi connectivity index (χ0v) is 23.1. The topological polar surface area (TPSA) is 77.2 Å². The van der Waals surface area contributed by atoms with Crippen LogP contribution in [0.1, 0.15) is 85.6 Å². The molecule has 1 amide bonds. The molecule has 6 nitrogen and oxygen atoms in total. The summed E-state index contributed by atoms with van der Waals surface area (Å²) in [5.74, 6) is -0.213. The number of carbonyl (C=O) groups is 1. The van der Waals surface area contributed by atoms with Crippen molar-refractivity contribution < 1.29 is 4.79 Å². The highest BCUT2D eigenvalue weighted by molar-refractivity contribution is 6.31. The second kappa shape index (κ2) is 14.3. The summed E-state index contributed by atoms with van der Waals surface area (Å²) >= 11 is 6.43. The summed E-state index contributed by atoms with van der Waals surface area (Å²) in [7, 11) is 0. The van der Waals surface area contributed by atoms with Crippen molar-refractivity contribution in [3.8, 4) is 0 Å². The number of aryl methyl sites for hydroxylation is 2. The lowest BCUT2D eigenvalue weighted by atomic mass is 9.93. The van der Waals surface area contributed by atoms with Crippen LogP contribution in [0.3, 0.4) is 0 Å². The molecule has 3 N–H and O–H groups in total. The third kappa shape index (κ3) is 8.11. The molecule has 0 radical (unpaired) electrons. The third-order valence-corrected chi connectivity index (χ3v) is 6.89. The number of aromatic nitrogens is 1. The number of pyridine rings is 1. The van der Waals surface area contributed by atoms with Crippen LogP contribution in [0, 0.1) is 20.8 Å². The Morgan fingerprint density at radius 3 is 2.26 bits per heavy atom. The van der Waals surface area contributed by atoms with Crippen LogP contribution in [0.5, 0.6) is 0 Å². The monoisotopic (exact) mass is 502 g/mol. The van der Waals surface area contributed by atoms with Gasteiger partial charge >= 0.3 is 0 Å². The summed E-state index contributed by atoms with van der Waals surface area (Å²) in [4.78, 5) is 30.5. The van der Waals surface area contributed by atoms with E-state index in [0.29, 0.717) is 22.2 Å². The predicted octanol–water partition coefficient (Wildman–Crippen LogP) is 5.66. The van der Waals surface area contributed by atoms with Crippen LogP contribution in [0.25, 0.3) is 0 Å². The van der Waals surface area contributed by atoms with E-state index in [1.54, 1.807) is 6.07 Å². The minimum atomic E-state index is -0.213. The van der Waals surface area contributed by atoms with Crippen molar-refractivity contribution >= 4 is 23.2 Å². The van der Waals surface area contributed by atoms with E-state index in [4.69, 9.17) is 11.6 Å². The molecule has 0 aliphatic heterocycles. The number of carbonyl (C=O) groups excluding carboxylic acids is 1. The van der Waals surface area contributed by atoms with Gasteiger partial charge in [0.1, 0.15) is 0 Å². The minimum Gasteiger partial charge on any atom is -0.369 e. The number of halogens is 1. The SMILES string of the molecule is CCN(c1cc(Cl)cc(C(=O)NCc2c(C)cc(C)[nH]c2=O)c1C)C1CCCCC1.CCNCC. The number of hydrogen-bond donors (Lipinski definition) is 3. The van der Waals surface area contributed by atoms with Crippen molar-refractivity contribution in [2.24, 2.45) is 0 Å². The van der Waals surface area contributed by atoms with Gasteiger partial charge in [-0.05, 0) is 83.0 Å². The first-order valence-corrected chi connectivity index (χ1v) is 13.4. The van der Waals surface area contributed by atoms with Gasteiger partial charge in [0.15, 0.2) is 0 Å². The van der Waals surface area contributed by atoms with Crippen LogP contribution >= 0.6 is 11.6 Å². The summed E-state index contributed by atoms with van der Waals surface area (Å²) < 4.78 is 0. The zero-order chi connectivity index (χ0) is 26.0. The Balaban J connectivity index is 0.000000784. The largest absolute Gasteiger partial charge is 0.369 e. The Bertz CT molecular complexity index is 1030. The van der Waals surface area contributed by atoms with Gasteiger partial charge < -0.3 is 20.5 Å². The lowest BCUT2D eigenvalue weighted by molar-refractivity contribution is 0.0950.